The molecule has 1 aromatic carbocycles. The van der Waals surface area contributed by atoms with Crippen molar-refractivity contribution in [2.24, 2.45) is 0 Å². The fraction of sp³-hybridized carbons (Fsp3) is 0.632. The van der Waals surface area contributed by atoms with E-state index in [0.29, 0.717) is 55.8 Å². The number of hydrogen-bond donors (Lipinski definition) is 1. The molecule has 6 nitrogen and oxygen atoms in total. The molecular formula is C19H31NO5. The van der Waals surface area contributed by atoms with Crippen molar-refractivity contribution in [1.29, 1.82) is 0 Å². The van der Waals surface area contributed by atoms with Crippen LogP contribution in [0, 0.1) is 0 Å². The molecule has 0 heterocycles. The Hall–Kier alpha value is -1.95. The van der Waals surface area contributed by atoms with Gasteiger partial charge in [0.25, 0.3) is 5.91 Å². The summed E-state index contributed by atoms with van der Waals surface area (Å²) in [6.07, 6.45) is 0.960. The molecule has 0 aliphatic rings. The quantitative estimate of drug-likeness (QED) is 0.583. The van der Waals surface area contributed by atoms with Gasteiger partial charge in [-0.05, 0) is 53.2 Å². The van der Waals surface area contributed by atoms with Crippen molar-refractivity contribution in [2.45, 2.75) is 47.1 Å². The van der Waals surface area contributed by atoms with Crippen LogP contribution in [0.25, 0.3) is 0 Å². The third kappa shape index (κ3) is 7.22. The van der Waals surface area contributed by atoms with E-state index >= 15 is 0 Å². The van der Waals surface area contributed by atoms with Gasteiger partial charge in [-0.1, -0.05) is 0 Å². The third-order valence-electron chi connectivity index (χ3n) is 3.23. The van der Waals surface area contributed by atoms with Crippen molar-refractivity contribution in [3.8, 4) is 17.2 Å². The zero-order chi connectivity index (χ0) is 18.7. The van der Waals surface area contributed by atoms with Gasteiger partial charge in [-0.3, -0.25) is 4.79 Å². The molecule has 1 amide bonds. The second kappa shape index (κ2) is 11.6. The van der Waals surface area contributed by atoms with E-state index in [-0.39, 0.29) is 12.0 Å². The minimum Gasteiger partial charge on any atom is -0.490 e. The van der Waals surface area contributed by atoms with Crippen LogP contribution in [0.4, 0.5) is 0 Å². The minimum atomic E-state index is -0.172. The molecule has 0 aromatic heterocycles. The molecule has 1 rings (SSSR count). The normalized spacial score (nSPS) is 10.6. The molecule has 0 bridgehead atoms. The van der Waals surface area contributed by atoms with Crippen LogP contribution < -0.4 is 19.5 Å². The lowest BCUT2D eigenvalue weighted by Gasteiger charge is -2.17. The Morgan fingerprint density at radius 3 is 2.04 bits per heavy atom. The third-order valence-corrected chi connectivity index (χ3v) is 3.23. The van der Waals surface area contributed by atoms with Crippen LogP contribution in [0.1, 0.15) is 51.4 Å². The predicted octanol–water partition coefficient (Wildman–Crippen LogP) is 3.43. The molecule has 0 spiro atoms. The maximum absolute atomic E-state index is 12.4. The fourth-order valence-electron chi connectivity index (χ4n) is 2.21. The Bertz CT molecular complexity index is 504. The topological polar surface area (TPSA) is 66.0 Å². The van der Waals surface area contributed by atoms with E-state index < -0.39 is 0 Å². The SMILES string of the molecule is CCOc1cc(C(=O)NCCCOC(C)C)cc(OCC)c1OCC. The lowest BCUT2D eigenvalue weighted by atomic mass is 10.1. The Morgan fingerprint density at radius 1 is 1.00 bits per heavy atom. The Morgan fingerprint density at radius 2 is 1.56 bits per heavy atom. The van der Waals surface area contributed by atoms with Gasteiger partial charge in [0, 0.05) is 18.7 Å². The van der Waals surface area contributed by atoms with Gasteiger partial charge in [0.05, 0.1) is 25.9 Å². The first-order chi connectivity index (χ1) is 12.0. The highest BCUT2D eigenvalue weighted by atomic mass is 16.5. The van der Waals surface area contributed by atoms with Crippen molar-refractivity contribution in [3.05, 3.63) is 17.7 Å². The summed E-state index contributed by atoms with van der Waals surface area (Å²) >= 11 is 0. The largest absolute Gasteiger partial charge is 0.490 e. The number of amides is 1. The predicted molar refractivity (Wildman–Crippen MR) is 98.0 cm³/mol. The monoisotopic (exact) mass is 353 g/mol. The highest BCUT2D eigenvalue weighted by molar-refractivity contribution is 5.95. The molecule has 1 N–H and O–H groups in total. The summed E-state index contributed by atoms with van der Waals surface area (Å²) in [7, 11) is 0. The maximum atomic E-state index is 12.4. The molecule has 0 aliphatic heterocycles. The average Bonchev–Trinajstić information content (AvgIpc) is 2.57. The van der Waals surface area contributed by atoms with E-state index in [1.54, 1.807) is 12.1 Å². The summed E-state index contributed by atoms with van der Waals surface area (Å²) in [6.45, 7) is 12.3. The number of rotatable bonds is 12. The molecule has 0 atom stereocenters. The van der Waals surface area contributed by atoms with Crippen LogP contribution in [-0.4, -0.2) is 45.0 Å². The van der Waals surface area contributed by atoms with Crippen LogP contribution in [0.15, 0.2) is 12.1 Å². The highest BCUT2D eigenvalue weighted by Gasteiger charge is 2.18. The van der Waals surface area contributed by atoms with E-state index in [1.165, 1.54) is 0 Å². The number of benzene rings is 1. The molecule has 0 unspecified atom stereocenters. The van der Waals surface area contributed by atoms with E-state index in [1.807, 2.05) is 34.6 Å². The maximum Gasteiger partial charge on any atom is 0.251 e. The lowest BCUT2D eigenvalue weighted by molar-refractivity contribution is 0.0757. The number of carbonyl (C=O) groups excluding carboxylic acids is 1. The van der Waals surface area contributed by atoms with Gasteiger partial charge in [-0.2, -0.15) is 0 Å². The van der Waals surface area contributed by atoms with Crippen LogP contribution >= 0.6 is 0 Å². The standard InChI is InChI=1S/C19H31NO5/c1-6-22-16-12-15(13-17(23-7-2)18(16)24-8-3)19(21)20-10-9-11-25-14(4)5/h12-14H,6-11H2,1-5H3,(H,20,21). The van der Waals surface area contributed by atoms with E-state index in [2.05, 4.69) is 5.32 Å². The number of ether oxygens (including phenoxy) is 4. The first-order valence-electron chi connectivity index (χ1n) is 8.99. The molecule has 0 fully saturated rings. The smallest absolute Gasteiger partial charge is 0.251 e. The summed E-state index contributed by atoms with van der Waals surface area (Å²) in [5.41, 5.74) is 0.486. The minimum absolute atomic E-state index is 0.172. The summed E-state index contributed by atoms with van der Waals surface area (Å²) in [6, 6.07) is 3.38. The molecule has 0 aliphatic carbocycles. The molecule has 0 saturated heterocycles. The van der Waals surface area contributed by atoms with Crippen molar-refractivity contribution in [2.75, 3.05) is 33.0 Å². The van der Waals surface area contributed by atoms with Crippen LogP contribution in [0.2, 0.25) is 0 Å². The summed E-state index contributed by atoms with van der Waals surface area (Å²) in [5, 5.41) is 2.89. The van der Waals surface area contributed by atoms with Crippen LogP contribution in [0.3, 0.4) is 0 Å². The first-order valence-corrected chi connectivity index (χ1v) is 8.99. The van der Waals surface area contributed by atoms with Crippen LogP contribution in [0.5, 0.6) is 17.2 Å². The second-order valence-electron chi connectivity index (χ2n) is 5.63. The van der Waals surface area contributed by atoms with Gasteiger partial charge in [-0.15, -0.1) is 0 Å². The Kier molecular flexibility index (Phi) is 9.77. The second-order valence-corrected chi connectivity index (χ2v) is 5.63. The average molecular weight is 353 g/mol. The van der Waals surface area contributed by atoms with Gasteiger partial charge in [0.15, 0.2) is 11.5 Å². The van der Waals surface area contributed by atoms with Gasteiger partial charge >= 0.3 is 0 Å². The van der Waals surface area contributed by atoms with Crippen molar-refractivity contribution in [1.82, 2.24) is 5.32 Å². The first kappa shape index (κ1) is 21.1. The molecule has 25 heavy (non-hydrogen) atoms. The molecule has 1 aromatic rings. The molecule has 0 radical (unpaired) electrons. The molecular weight excluding hydrogens is 322 g/mol. The summed E-state index contributed by atoms with van der Waals surface area (Å²) in [5.74, 6) is 1.40. The molecule has 6 heteroatoms. The number of nitrogens with one attached hydrogen (secondary N) is 1. The van der Waals surface area contributed by atoms with Gasteiger partial charge in [-0.25, -0.2) is 0 Å². The summed E-state index contributed by atoms with van der Waals surface area (Å²) in [4.78, 5) is 12.4. The van der Waals surface area contributed by atoms with Gasteiger partial charge in [0.2, 0.25) is 5.75 Å². The lowest BCUT2D eigenvalue weighted by Crippen LogP contribution is -2.25. The van der Waals surface area contributed by atoms with Gasteiger partial charge < -0.3 is 24.3 Å². The van der Waals surface area contributed by atoms with E-state index in [4.69, 9.17) is 18.9 Å². The van der Waals surface area contributed by atoms with E-state index in [9.17, 15) is 4.79 Å². The zero-order valence-corrected chi connectivity index (χ0v) is 16.0. The Labute approximate surface area is 150 Å². The number of carbonyl (C=O) groups is 1. The van der Waals surface area contributed by atoms with Crippen LogP contribution in [-0.2, 0) is 4.74 Å². The van der Waals surface area contributed by atoms with Crippen molar-refractivity contribution >= 4 is 5.91 Å². The fourth-order valence-corrected chi connectivity index (χ4v) is 2.21. The van der Waals surface area contributed by atoms with E-state index in [0.717, 1.165) is 6.42 Å². The van der Waals surface area contributed by atoms with Crippen molar-refractivity contribution in [3.63, 3.8) is 0 Å². The highest BCUT2D eigenvalue weighted by Crippen LogP contribution is 2.39. The van der Waals surface area contributed by atoms with Gasteiger partial charge in [0.1, 0.15) is 0 Å². The zero-order valence-electron chi connectivity index (χ0n) is 16.0. The Balaban J connectivity index is 2.84. The molecule has 142 valence electrons. The number of hydrogen-bond acceptors (Lipinski definition) is 5. The molecule has 0 saturated carbocycles. The van der Waals surface area contributed by atoms with Crippen molar-refractivity contribution < 1.29 is 23.7 Å². The summed E-state index contributed by atoms with van der Waals surface area (Å²) < 4.78 is 22.4.